The highest BCUT2D eigenvalue weighted by Crippen LogP contribution is 2.40. The van der Waals surface area contributed by atoms with Crippen LogP contribution in [-0.4, -0.2) is 17.3 Å². The zero-order valence-corrected chi connectivity index (χ0v) is 18.0. The summed E-state index contributed by atoms with van der Waals surface area (Å²) in [5.41, 5.74) is 13.4. The lowest BCUT2D eigenvalue weighted by Crippen LogP contribution is -2.40. The number of hydrogen-bond acceptors (Lipinski definition) is 2. The number of benzene rings is 2. The lowest BCUT2D eigenvalue weighted by Gasteiger charge is -2.26. The predicted octanol–water partition coefficient (Wildman–Crippen LogP) is 5.33. The second-order valence-electron chi connectivity index (χ2n) is 9.66. The summed E-state index contributed by atoms with van der Waals surface area (Å²) in [5, 5.41) is 9.55. The van der Waals surface area contributed by atoms with Gasteiger partial charge in [0.1, 0.15) is 0 Å². The summed E-state index contributed by atoms with van der Waals surface area (Å²) >= 11 is 0. The zero-order valence-electron chi connectivity index (χ0n) is 18.0. The number of aryl methyl sites for hydroxylation is 3. The minimum absolute atomic E-state index is 0.110. The van der Waals surface area contributed by atoms with Crippen molar-refractivity contribution >= 4 is 0 Å². The highest BCUT2D eigenvalue weighted by atomic mass is 16.3. The molecule has 2 aliphatic rings. The highest BCUT2D eigenvalue weighted by Gasteiger charge is 2.36. The SMILES string of the molecule is CCc1ccc(CCC[C@@H]2CCc3cc([C@H]4CC[C@](N)(CO)C4)ccc3C2)cc1. The standard InChI is InChI=1S/C27H37NO/c1-2-20-6-8-21(9-7-20)4-3-5-22-10-11-24-17-25(13-12-23(24)16-22)26-14-15-27(28,18-26)19-29/h6-9,12-13,17,22,26,29H,2-5,10-11,14-16,18-19,28H2,1H3/t22-,26+,27-/m1/s1. The van der Waals surface area contributed by atoms with Crippen molar-refractivity contribution in [2.24, 2.45) is 11.7 Å². The smallest absolute Gasteiger partial charge is 0.0611 e. The van der Waals surface area contributed by atoms with Crippen LogP contribution >= 0.6 is 0 Å². The molecule has 0 aromatic heterocycles. The Labute approximate surface area is 176 Å². The van der Waals surface area contributed by atoms with E-state index in [9.17, 15) is 5.11 Å². The molecule has 2 aromatic rings. The van der Waals surface area contributed by atoms with E-state index in [4.69, 9.17) is 5.73 Å². The Kier molecular flexibility index (Phi) is 6.41. The van der Waals surface area contributed by atoms with E-state index in [1.165, 1.54) is 55.2 Å². The Hall–Kier alpha value is -1.64. The average Bonchev–Trinajstić information content (AvgIpc) is 3.16. The van der Waals surface area contributed by atoms with Gasteiger partial charge in [-0.05, 0) is 104 Å². The van der Waals surface area contributed by atoms with E-state index in [2.05, 4.69) is 49.4 Å². The van der Waals surface area contributed by atoms with Gasteiger partial charge < -0.3 is 10.8 Å². The third-order valence-electron chi connectivity index (χ3n) is 7.50. The van der Waals surface area contributed by atoms with E-state index >= 15 is 0 Å². The van der Waals surface area contributed by atoms with Gasteiger partial charge >= 0.3 is 0 Å². The van der Waals surface area contributed by atoms with Crippen LogP contribution in [0.5, 0.6) is 0 Å². The molecule has 2 heteroatoms. The summed E-state index contributed by atoms with van der Waals surface area (Å²) in [7, 11) is 0. The van der Waals surface area contributed by atoms with Gasteiger partial charge in [0.25, 0.3) is 0 Å². The molecule has 0 radical (unpaired) electrons. The Balaban J connectivity index is 1.30. The third-order valence-corrected chi connectivity index (χ3v) is 7.50. The van der Waals surface area contributed by atoms with E-state index in [-0.39, 0.29) is 12.1 Å². The first-order chi connectivity index (χ1) is 14.1. The van der Waals surface area contributed by atoms with Gasteiger partial charge in [-0.3, -0.25) is 0 Å². The summed E-state index contributed by atoms with van der Waals surface area (Å²) < 4.78 is 0. The molecule has 0 aliphatic heterocycles. The fraction of sp³-hybridized carbons (Fsp3) is 0.556. The van der Waals surface area contributed by atoms with Gasteiger partial charge in [0.2, 0.25) is 0 Å². The summed E-state index contributed by atoms with van der Waals surface area (Å²) in [6.45, 7) is 2.33. The van der Waals surface area contributed by atoms with Crippen molar-refractivity contribution in [1.29, 1.82) is 0 Å². The number of hydrogen-bond donors (Lipinski definition) is 2. The van der Waals surface area contributed by atoms with Crippen LogP contribution < -0.4 is 5.73 Å². The van der Waals surface area contributed by atoms with Crippen LogP contribution in [0.2, 0.25) is 0 Å². The monoisotopic (exact) mass is 391 g/mol. The van der Waals surface area contributed by atoms with E-state index in [0.717, 1.165) is 31.6 Å². The number of nitrogens with two attached hydrogens (primary N) is 1. The van der Waals surface area contributed by atoms with Gasteiger partial charge in [-0.1, -0.05) is 49.4 Å². The fourth-order valence-corrected chi connectivity index (χ4v) is 5.47. The Morgan fingerprint density at radius 3 is 2.55 bits per heavy atom. The topological polar surface area (TPSA) is 46.2 Å². The molecule has 0 heterocycles. The lowest BCUT2D eigenvalue weighted by molar-refractivity contribution is 0.198. The van der Waals surface area contributed by atoms with Gasteiger partial charge in [-0.15, -0.1) is 0 Å². The van der Waals surface area contributed by atoms with E-state index < -0.39 is 0 Å². The first-order valence-corrected chi connectivity index (χ1v) is 11.7. The molecule has 29 heavy (non-hydrogen) atoms. The molecule has 2 aromatic carbocycles. The van der Waals surface area contributed by atoms with Gasteiger partial charge in [0, 0.05) is 5.54 Å². The zero-order chi connectivity index (χ0) is 20.3. The summed E-state index contributed by atoms with van der Waals surface area (Å²) in [4.78, 5) is 0. The van der Waals surface area contributed by atoms with Crippen LogP contribution in [0.1, 0.15) is 79.2 Å². The maximum absolute atomic E-state index is 9.55. The van der Waals surface area contributed by atoms with Crippen LogP contribution in [0.25, 0.3) is 0 Å². The third kappa shape index (κ3) is 4.92. The molecule has 3 N–H and O–H groups in total. The molecule has 156 valence electrons. The van der Waals surface area contributed by atoms with Crippen molar-refractivity contribution in [3.63, 3.8) is 0 Å². The maximum atomic E-state index is 9.55. The molecule has 0 saturated heterocycles. The van der Waals surface area contributed by atoms with Crippen LogP contribution in [0, 0.1) is 5.92 Å². The molecule has 0 unspecified atom stereocenters. The van der Waals surface area contributed by atoms with Gasteiger partial charge in [0.05, 0.1) is 6.61 Å². The second kappa shape index (κ2) is 9.02. The molecule has 0 bridgehead atoms. The minimum atomic E-state index is -0.359. The molecule has 2 aliphatic carbocycles. The molecule has 3 atom stereocenters. The van der Waals surface area contributed by atoms with Crippen molar-refractivity contribution in [3.8, 4) is 0 Å². The van der Waals surface area contributed by atoms with E-state index in [1.807, 2.05) is 0 Å². The maximum Gasteiger partial charge on any atom is 0.0611 e. The highest BCUT2D eigenvalue weighted by molar-refractivity contribution is 5.36. The van der Waals surface area contributed by atoms with Gasteiger partial charge in [-0.2, -0.15) is 0 Å². The summed E-state index contributed by atoms with van der Waals surface area (Å²) in [6, 6.07) is 16.4. The number of rotatable bonds is 7. The predicted molar refractivity (Wildman–Crippen MR) is 121 cm³/mol. The van der Waals surface area contributed by atoms with Crippen LogP contribution in [0.4, 0.5) is 0 Å². The van der Waals surface area contributed by atoms with Crippen LogP contribution in [-0.2, 0) is 25.7 Å². The molecule has 2 nitrogen and oxygen atoms in total. The van der Waals surface area contributed by atoms with Gasteiger partial charge in [-0.25, -0.2) is 0 Å². The Morgan fingerprint density at radius 1 is 1.03 bits per heavy atom. The number of aliphatic hydroxyl groups excluding tert-OH is 1. The van der Waals surface area contributed by atoms with Crippen LogP contribution in [0.15, 0.2) is 42.5 Å². The van der Waals surface area contributed by atoms with Gasteiger partial charge in [0.15, 0.2) is 0 Å². The molecule has 0 amide bonds. The summed E-state index contributed by atoms with van der Waals surface area (Å²) in [5.74, 6) is 1.36. The molecule has 1 saturated carbocycles. The van der Waals surface area contributed by atoms with Crippen molar-refractivity contribution < 1.29 is 5.11 Å². The van der Waals surface area contributed by atoms with Crippen molar-refractivity contribution in [2.75, 3.05) is 6.61 Å². The Bertz CT molecular complexity index is 812. The number of aliphatic hydroxyl groups is 1. The van der Waals surface area contributed by atoms with Crippen molar-refractivity contribution in [2.45, 2.75) is 82.6 Å². The average molecular weight is 392 g/mol. The fourth-order valence-electron chi connectivity index (χ4n) is 5.47. The molecule has 0 spiro atoms. The normalized spacial score (nSPS) is 26.4. The Morgan fingerprint density at radius 2 is 1.83 bits per heavy atom. The molecular weight excluding hydrogens is 354 g/mol. The second-order valence-corrected chi connectivity index (χ2v) is 9.66. The first-order valence-electron chi connectivity index (χ1n) is 11.7. The van der Waals surface area contributed by atoms with Crippen molar-refractivity contribution in [1.82, 2.24) is 0 Å². The number of fused-ring (bicyclic) bond motifs is 1. The lowest BCUT2D eigenvalue weighted by atomic mass is 9.79. The van der Waals surface area contributed by atoms with E-state index in [1.54, 1.807) is 11.1 Å². The quantitative estimate of drug-likeness (QED) is 0.670. The summed E-state index contributed by atoms with van der Waals surface area (Å²) in [6.07, 6.45) is 11.7. The van der Waals surface area contributed by atoms with Crippen molar-refractivity contribution in [3.05, 3.63) is 70.3 Å². The molecule has 4 rings (SSSR count). The largest absolute Gasteiger partial charge is 0.394 e. The molecular formula is C27H37NO. The van der Waals surface area contributed by atoms with Crippen LogP contribution in [0.3, 0.4) is 0 Å². The molecule has 1 fully saturated rings. The van der Waals surface area contributed by atoms with E-state index in [0.29, 0.717) is 5.92 Å². The minimum Gasteiger partial charge on any atom is -0.394 e. The first kappa shape index (κ1) is 20.6.